The Hall–Kier alpha value is -3.02. The minimum atomic E-state index is -0.392. The van der Waals surface area contributed by atoms with E-state index in [4.69, 9.17) is 4.74 Å². The van der Waals surface area contributed by atoms with Crippen LogP contribution < -0.4 is 5.32 Å². The fourth-order valence-corrected chi connectivity index (χ4v) is 4.42. The summed E-state index contributed by atoms with van der Waals surface area (Å²) in [6.07, 6.45) is 1.54. The van der Waals surface area contributed by atoms with Gasteiger partial charge in [-0.25, -0.2) is 14.2 Å². The van der Waals surface area contributed by atoms with E-state index in [9.17, 15) is 14.4 Å². The number of nitrogens with one attached hydrogen (secondary N) is 1. The molecule has 1 aromatic carbocycles. The zero-order valence-electron chi connectivity index (χ0n) is 16.1. The average molecular weight is 428 g/mol. The third-order valence-corrected chi connectivity index (χ3v) is 6.22. The molecular weight excluding hydrogens is 409 g/mol. The Kier molecular flexibility index (Phi) is 6.42. The fourth-order valence-electron chi connectivity index (χ4n) is 2.61. The zero-order valence-corrected chi connectivity index (χ0v) is 17.7. The number of thiazole rings is 1. The number of aromatic nitrogens is 1. The molecule has 2 aromatic heterocycles. The minimum absolute atomic E-state index is 0.289. The number of ether oxygens (including phenoxy) is 1. The third kappa shape index (κ3) is 4.53. The topological polar surface area (TPSA) is 75.0 Å². The summed E-state index contributed by atoms with van der Waals surface area (Å²) in [4.78, 5) is 17.8. The van der Waals surface area contributed by atoms with Crippen LogP contribution in [-0.4, -0.2) is 17.6 Å². The number of anilines is 1. The number of nitrogens with zero attached hydrogens (tertiary/aromatic N) is 2. The first-order valence-electron chi connectivity index (χ1n) is 8.80. The maximum Gasteiger partial charge on any atom is 0.341 e. The monoisotopic (exact) mass is 427 g/mol. The van der Waals surface area contributed by atoms with Crippen LogP contribution in [0.15, 0.2) is 35.8 Å². The number of hydrogen-bond donors (Lipinski definition) is 1. The molecule has 0 aliphatic rings. The van der Waals surface area contributed by atoms with Crippen LogP contribution in [0.5, 0.6) is 0 Å². The second-order valence-electron chi connectivity index (χ2n) is 6.07. The van der Waals surface area contributed by atoms with E-state index in [1.807, 2.05) is 19.2 Å². The molecule has 0 radical (unpaired) electrons. The van der Waals surface area contributed by atoms with Gasteiger partial charge in [0.1, 0.15) is 27.5 Å². The van der Waals surface area contributed by atoms with Crippen molar-refractivity contribution in [3.8, 4) is 17.3 Å². The number of halogens is 1. The Balaban J connectivity index is 1.87. The first-order chi connectivity index (χ1) is 13.9. The van der Waals surface area contributed by atoms with Crippen LogP contribution in [0.1, 0.15) is 32.7 Å². The average Bonchev–Trinajstić information content (AvgIpc) is 3.29. The van der Waals surface area contributed by atoms with Gasteiger partial charge in [-0.15, -0.1) is 22.7 Å². The second kappa shape index (κ2) is 8.99. The van der Waals surface area contributed by atoms with Crippen molar-refractivity contribution in [2.75, 3.05) is 11.9 Å². The molecule has 148 valence electrons. The molecule has 0 aliphatic carbocycles. The Morgan fingerprint density at radius 1 is 1.34 bits per heavy atom. The van der Waals surface area contributed by atoms with Gasteiger partial charge < -0.3 is 10.1 Å². The van der Waals surface area contributed by atoms with Crippen molar-refractivity contribution in [3.63, 3.8) is 0 Å². The molecular formula is C21H18FN3O2S2. The summed E-state index contributed by atoms with van der Waals surface area (Å²) < 4.78 is 18.3. The Labute approximate surface area is 176 Å². The number of rotatable bonds is 6. The molecule has 29 heavy (non-hydrogen) atoms. The highest BCUT2D eigenvalue weighted by atomic mass is 32.1. The molecule has 0 amide bonds. The molecule has 3 aromatic rings. The highest BCUT2D eigenvalue weighted by Gasteiger charge is 2.20. The lowest BCUT2D eigenvalue weighted by atomic mass is 10.1. The maximum atomic E-state index is 13.1. The molecule has 0 spiro atoms. The normalized spacial score (nSPS) is 11.2. The number of allylic oxidation sites excluding steroid dienone is 1. The largest absolute Gasteiger partial charge is 0.462 e. The Bertz CT molecular complexity index is 1110. The molecule has 3 rings (SSSR count). The molecule has 2 heterocycles. The van der Waals surface area contributed by atoms with Crippen LogP contribution >= 0.6 is 22.7 Å². The van der Waals surface area contributed by atoms with Crippen LogP contribution in [0.3, 0.4) is 0 Å². The van der Waals surface area contributed by atoms with Gasteiger partial charge >= 0.3 is 5.97 Å². The SMILES string of the molecule is CCOC(=O)c1c(N/C=C(/C#N)c2nc(-c3ccc(F)cc3)cs2)sc(C)c1C. The summed E-state index contributed by atoms with van der Waals surface area (Å²) in [5.41, 5.74) is 3.11. The highest BCUT2D eigenvalue weighted by molar-refractivity contribution is 7.16. The van der Waals surface area contributed by atoms with Gasteiger partial charge in [0.05, 0.1) is 17.9 Å². The van der Waals surface area contributed by atoms with E-state index in [1.54, 1.807) is 25.3 Å². The lowest BCUT2D eigenvalue weighted by Crippen LogP contribution is -2.07. The van der Waals surface area contributed by atoms with Crippen molar-refractivity contribution >= 4 is 39.2 Å². The van der Waals surface area contributed by atoms with Gasteiger partial charge in [0.15, 0.2) is 0 Å². The van der Waals surface area contributed by atoms with E-state index in [0.29, 0.717) is 26.8 Å². The number of benzene rings is 1. The van der Waals surface area contributed by atoms with Gasteiger partial charge in [-0.3, -0.25) is 0 Å². The van der Waals surface area contributed by atoms with Gasteiger partial charge in [0.25, 0.3) is 0 Å². The number of esters is 1. The first-order valence-corrected chi connectivity index (χ1v) is 10.5. The van der Waals surface area contributed by atoms with Crippen LogP contribution in [0.2, 0.25) is 0 Å². The summed E-state index contributed by atoms with van der Waals surface area (Å²) in [6.45, 7) is 5.85. The van der Waals surface area contributed by atoms with Crippen LogP contribution in [0.4, 0.5) is 9.39 Å². The second-order valence-corrected chi connectivity index (χ2v) is 8.15. The molecule has 0 unspecified atom stereocenters. The minimum Gasteiger partial charge on any atom is -0.462 e. The predicted molar refractivity (Wildman–Crippen MR) is 114 cm³/mol. The van der Waals surface area contributed by atoms with Crippen LogP contribution in [0, 0.1) is 31.0 Å². The molecule has 0 bridgehead atoms. The van der Waals surface area contributed by atoms with Gasteiger partial charge in [0, 0.05) is 22.0 Å². The van der Waals surface area contributed by atoms with Gasteiger partial charge in [-0.2, -0.15) is 5.26 Å². The van der Waals surface area contributed by atoms with Gasteiger partial charge in [0.2, 0.25) is 0 Å². The fraction of sp³-hybridized carbons (Fsp3) is 0.190. The maximum absolute atomic E-state index is 13.1. The Morgan fingerprint density at radius 2 is 2.07 bits per heavy atom. The molecule has 0 saturated carbocycles. The lowest BCUT2D eigenvalue weighted by molar-refractivity contribution is 0.0527. The summed E-state index contributed by atoms with van der Waals surface area (Å²) in [5, 5.41) is 15.6. The number of carbonyl (C=O) groups is 1. The molecule has 0 aliphatic heterocycles. The molecule has 8 heteroatoms. The van der Waals surface area contributed by atoms with Gasteiger partial charge in [-0.1, -0.05) is 0 Å². The molecule has 1 N–H and O–H groups in total. The van der Waals surface area contributed by atoms with Crippen molar-refractivity contribution in [1.82, 2.24) is 4.98 Å². The number of thiophene rings is 1. The first kappa shape index (κ1) is 20.7. The quantitative estimate of drug-likeness (QED) is 0.399. The van der Waals surface area contributed by atoms with Gasteiger partial charge in [-0.05, 0) is 50.6 Å². The van der Waals surface area contributed by atoms with Crippen molar-refractivity contribution in [2.24, 2.45) is 0 Å². The van der Waals surface area contributed by atoms with Crippen molar-refractivity contribution < 1.29 is 13.9 Å². The summed E-state index contributed by atoms with van der Waals surface area (Å²) >= 11 is 2.75. The summed E-state index contributed by atoms with van der Waals surface area (Å²) in [7, 11) is 0. The molecule has 0 atom stereocenters. The van der Waals surface area contributed by atoms with E-state index >= 15 is 0 Å². The number of nitriles is 1. The molecule has 0 fully saturated rings. The molecule has 0 saturated heterocycles. The lowest BCUT2D eigenvalue weighted by Gasteiger charge is -2.05. The smallest absolute Gasteiger partial charge is 0.341 e. The van der Waals surface area contributed by atoms with E-state index in [2.05, 4.69) is 16.4 Å². The van der Waals surface area contributed by atoms with E-state index < -0.39 is 5.97 Å². The number of hydrogen-bond acceptors (Lipinski definition) is 7. The Morgan fingerprint density at radius 3 is 2.72 bits per heavy atom. The predicted octanol–water partition coefficient (Wildman–Crippen LogP) is 5.78. The highest BCUT2D eigenvalue weighted by Crippen LogP contribution is 2.34. The van der Waals surface area contributed by atoms with E-state index in [0.717, 1.165) is 16.0 Å². The van der Waals surface area contributed by atoms with Crippen molar-refractivity contribution in [3.05, 3.63) is 62.7 Å². The number of carbonyl (C=O) groups excluding carboxylic acids is 1. The van der Waals surface area contributed by atoms with Crippen molar-refractivity contribution in [1.29, 1.82) is 5.26 Å². The van der Waals surface area contributed by atoms with E-state index in [-0.39, 0.29) is 12.4 Å². The summed E-state index contributed by atoms with van der Waals surface area (Å²) in [6, 6.07) is 8.16. The van der Waals surface area contributed by atoms with Crippen LogP contribution in [-0.2, 0) is 4.74 Å². The number of aryl methyl sites for hydroxylation is 1. The molecule has 5 nitrogen and oxygen atoms in total. The van der Waals surface area contributed by atoms with Crippen LogP contribution in [0.25, 0.3) is 16.8 Å². The zero-order chi connectivity index (χ0) is 21.0. The third-order valence-electron chi connectivity index (χ3n) is 4.21. The standard InChI is InChI=1S/C21H18FN3O2S2/c1-4-27-21(26)18-12(2)13(3)29-20(18)24-10-15(9-23)19-25-17(11-28-19)14-5-7-16(22)8-6-14/h5-8,10-11,24H,4H2,1-3H3/b15-10-. The summed E-state index contributed by atoms with van der Waals surface area (Å²) in [5.74, 6) is -0.707. The van der Waals surface area contributed by atoms with Crippen molar-refractivity contribution in [2.45, 2.75) is 20.8 Å². The van der Waals surface area contributed by atoms with E-state index in [1.165, 1.54) is 34.8 Å².